The van der Waals surface area contributed by atoms with E-state index in [0.29, 0.717) is 25.1 Å². The van der Waals surface area contributed by atoms with E-state index in [0.717, 1.165) is 22.8 Å². The first-order valence-electron chi connectivity index (χ1n) is 9.15. The van der Waals surface area contributed by atoms with Crippen LogP contribution in [0.2, 0.25) is 0 Å². The summed E-state index contributed by atoms with van der Waals surface area (Å²) in [6, 6.07) is 16.6. The highest BCUT2D eigenvalue weighted by Crippen LogP contribution is 2.21. The van der Waals surface area contributed by atoms with Gasteiger partial charge in [0.2, 0.25) is 5.91 Å². The summed E-state index contributed by atoms with van der Waals surface area (Å²) in [5, 5.41) is 2.73. The molecule has 2 aromatic rings. The van der Waals surface area contributed by atoms with E-state index < -0.39 is 5.97 Å². The zero-order valence-electron chi connectivity index (χ0n) is 15.4. The molecule has 1 heterocycles. The normalized spacial score (nSPS) is 13.4. The van der Waals surface area contributed by atoms with Crippen molar-refractivity contribution in [2.45, 2.75) is 17.7 Å². The maximum atomic E-state index is 12.1. The molecular weight excluding hydrogens is 376 g/mol. The summed E-state index contributed by atoms with van der Waals surface area (Å²) in [4.78, 5) is 38.5. The molecule has 0 saturated carbocycles. The quantitative estimate of drug-likeness (QED) is 0.420. The van der Waals surface area contributed by atoms with Gasteiger partial charge in [0.25, 0.3) is 5.91 Å². The van der Waals surface area contributed by atoms with E-state index in [4.69, 9.17) is 4.74 Å². The molecule has 0 radical (unpaired) electrons. The molecule has 1 aliphatic heterocycles. The van der Waals surface area contributed by atoms with Crippen molar-refractivity contribution in [1.29, 1.82) is 0 Å². The number of carbonyl (C=O) groups is 3. The molecule has 2 aromatic carbocycles. The van der Waals surface area contributed by atoms with E-state index >= 15 is 0 Å². The number of nitrogens with zero attached hydrogens (tertiary/aromatic N) is 1. The number of esters is 1. The molecule has 0 aromatic heterocycles. The lowest BCUT2D eigenvalue weighted by Gasteiger charge is -2.15. The number of rotatable bonds is 8. The van der Waals surface area contributed by atoms with Crippen LogP contribution >= 0.6 is 11.8 Å². The van der Waals surface area contributed by atoms with Gasteiger partial charge in [0.05, 0.1) is 5.56 Å². The van der Waals surface area contributed by atoms with Gasteiger partial charge in [-0.15, -0.1) is 11.8 Å². The van der Waals surface area contributed by atoms with Crippen LogP contribution in [0.5, 0.6) is 0 Å². The second kappa shape index (κ2) is 9.94. The summed E-state index contributed by atoms with van der Waals surface area (Å²) >= 11 is 1.65. The van der Waals surface area contributed by atoms with Crippen LogP contribution in [0.4, 0.5) is 5.69 Å². The van der Waals surface area contributed by atoms with Gasteiger partial charge in [-0.3, -0.25) is 9.59 Å². The Morgan fingerprint density at radius 3 is 2.50 bits per heavy atom. The van der Waals surface area contributed by atoms with Gasteiger partial charge in [-0.2, -0.15) is 0 Å². The lowest BCUT2D eigenvalue weighted by Crippen LogP contribution is -2.30. The summed E-state index contributed by atoms with van der Waals surface area (Å²) < 4.78 is 5.05. The molecule has 0 atom stereocenters. The second-order valence-electron chi connectivity index (χ2n) is 6.28. The van der Waals surface area contributed by atoms with Crippen molar-refractivity contribution < 1.29 is 19.1 Å². The first-order valence-corrected chi connectivity index (χ1v) is 10.1. The Hall–Kier alpha value is -2.80. The number of hydrogen-bond donors (Lipinski definition) is 1. The zero-order valence-corrected chi connectivity index (χ0v) is 16.2. The van der Waals surface area contributed by atoms with Crippen molar-refractivity contribution in [2.75, 3.05) is 30.3 Å². The molecule has 1 saturated heterocycles. The summed E-state index contributed by atoms with van der Waals surface area (Å²) in [5.41, 5.74) is 1.12. The van der Waals surface area contributed by atoms with Crippen LogP contribution in [0.3, 0.4) is 0 Å². The molecule has 0 aliphatic carbocycles. The molecule has 1 N–H and O–H groups in total. The van der Waals surface area contributed by atoms with E-state index in [2.05, 4.69) is 5.32 Å². The minimum absolute atomic E-state index is 0.0948. The lowest BCUT2D eigenvalue weighted by atomic mass is 10.2. The number of nitrogens with one attached hydrogen (secondary N) is 1. The van der Waals surface area contributed by atoms with Gasteiger partial charge < -0.3 is 15.0 Å². The molecule has 1 aliphatic rings. The predicted octanol–water partition coefficient (Wildman–Crippen LogP) is 2.88. The maximum Gasteiger partial charge on any atom is 0.338 e. The number of amides is 2. The van der Waals surface area contributed by atoms with E-state index in [1.165, 1.54) is 0 Å². The van der Waals surface area contributed by atoms with Crippen LogP contribution in [-0.2, 0) is 14.3 Å². The van der Waals surface area contributed by atoms with Crippen LogP contribution in [0.1, 0.15) is 23.2 Å². The van der Waals surface area contributed by atoms with Crippen LogP contribution in [0.25, 0.3) is 0 Å². The summed E-state index contributed by atoms with van der Waals surface area (Å²) in [7, 11) is 0. The molecule has 146 valence electrons. The molecular formula is C21H22N2O4S. The molecule has 7 heteroatoms. The third-order valence-electron chi connectivity index (χ3n) is 4.26. The zero-order chi connectivity index (χ0) is 19.8. The molecule has 28 heavy (non-hydrogen) atoms. The van der Waals surface area contributed by atoms with Crippen LogP contribution in [0.15, 0.2) is 59.5 Å². The average molecular weight is 398 g/mol. The van der Waals surface area contributed by atoms with Gasteiger partial charge in [-0.1, -0.05) is 18.2 Å². The summed E-state index contributed by atoms with van der Waals surface area (Å²) in [6.45, 7) is 0.876. The number of ether oxygens (including phenoxy) is 1. The Bertz CT molecular complexity index is 824. The lowest BCUT2D eigenvalue weighted by molar-refractivity contribution is -0.124. The maximum absolute atomic E-state index is 12.1. The monoisotopic (exact) mass is 398 g/mol. The number of hydrogen-bond acceptors (Lipinski definition) is 5. The topological polar surface area (TPSA) is 75.7 Å². The molecule has 6 nitrogen and oxygen atoms in total. The minimum atomic E-state index is -0.562. The highest BCUT2D eigenvalue weighted by atomic mass is 32.2. The number of thioether (sulfide) groups is 1. The largest absolute Gasteiger partial charge is 0.452 e. The van der Waals surface area contributed by atoms with Crippen LogP contribution < -0.4 is 10.2 Å². The van der Waals surface area contributed by atoms with E-state index in [9.17, 15) is 14.4 Å². The number of carbonyl (C=O) groups excluding carboxylic acids is 3. The summed E-state index contributed by atoms with van der Waals surface area (Å²) in [5.74, 6) is -0.0627. The molecule has 0 bridgehead atoms. The molecule has 3 rings (SSSR count). The predicted molar refractivity (Wildman–Crippen MR) is 108 cm³/mol. The summed E-state index contributed by atoms with van der Waals surface area (Å²) in [6.07, 6.45) is 1.41. The molecule has 0 spiro atoms. The number of benzene rings is 2. The first kappa shape index (κ1) is 19.9. The van der Waals surface area contributed by atoms with Gasteiger partial charge in [-0.25, -0.2) is 4.79 Å². The van der Waals surface area contributed by atoms with Crippen molar-refractivity contribution in [3.8, 4) is 0 Å². The van der Waals surface area contributed by atoms with Crippen LogP contribution in [0, 0.1) is 0 Å². The molecule has 1 fully saturated rings. The average Bonchev–Trinajstić information content (AvgIpc) is 3.16. The Morgan fingerprint density at radius 1 is 1.07 bits per heavy atom. The van der Waals surface area contributed by atoms with Gasteiger partial charge in [0, 0.05) is 35.8 Å². The smallest absolute Gasteiger partial charge is 0.338 e. The van der Waals surface area contributed by atoms with Crippen LogP contribution in [-0.4, -0.2) is 43.2 Å². The fourth-order valence-electron chi connectivity index (χ4n) is 2.84. The van der Waals surface area contributed by atoms with Gasteiger partial charge in [0.15, 0.2) is 6.61 Å². The van der Waals surface area contributed by atoms with Crippen molar-refractivity contribution in [3.63, 3.8) is 0 Å². The third-order valence-corrected chi connectivity index (χ3v) is 5.27. The molecule has 0 unspecified atom stereocenters. The Morgan fingerprint density at radius 2 is 1.82 bits per heavy atom. The van der Waals surface area contributed by atoms with Gasteiger partial charge in [0.1, 0.15) is 0 Å². The fourth-order valence-corrected chi connectivity index (χ4v) is 3.63. The highest BCUT2D eigenvalue weighted by molar-refractivity contribution is 7.99. The first-order chi connectivity index (χ1) is 13.6. The van der Waals surface area contributed by atoms with Crippen molar-refractivity contribution in [2.24, 2.45) is 0 Å². The van der Waals surface area contributed by atoms with Crippen molar-refractivity contribution >= 4 is 35.2 Å². The SMILES string of the molecule is O=C(COC(=O)c1ccc(N2CCCC2=O)cc1)NCCSc1ccccc1. The van der Waals surface area contributed by atoms with E-state index in [1.807, 2.05) is 30.3 Å². The number of anilines is 1. The van der Waals surface area contributed by atoms with Crippen molar-refractivity contribution in [1.82, 2.24) is 5.32 Å². The fraction of sp³-hybridized carbons (Fsp3) is 0.286. The molecule has 2 amide bonds. The van der Waals surface area contributed by atoms with E-state index in [-0.39, 0.29) is 18.4 Å². The highest BCUT2D eigenvalue weighted by Gasteiger charge is 2.21. The minimum Gasteiger partial charge on any atom is -0.452 e. The van der Waals surface area contributed by atoms with Crippen molar-refractivity contribution in [3.05, 3.63) is 60.2 Å². The Labute approximate surface area is 168 Å². The van der Waals surface area contributed by atoms with Gasteiger partial charge >= 0.3 is 5.97 Å². The third kappa shape index (κ3) is 5.60. The standard InChI is InChI=1S/C21H22N2O4S/c24-19(22-12-14-28-18-5-2-1-3-6-18)15-27-21(26)16-8-10-17(11-9-16)23-13-4-7-20(23)25/h1-3,5-6,8-11H,4,7,12-15H2,(H,22,24). The Kier molecular flexibility index (Phi) is 7.08. The van der Waals surface area contributed by atoms with Gasteiger partial charge in [-0.05, 0) is 42.8 Å². The van der Waals surface area contributed by atoms with E-state index in [1.54, 1.807) is 40.9 Å². The Balaban J connectivity index is 1.37. The second-order valence-corrected chi connectivity index (χ2v) is 7.45.